The van der Waals surface area contributed by atoms with Gasteiger partial charge >= 0.3 is 0 Å². The fourth-order valence-electron chi connectivity index (χ4n) is 3.74. The number of nitrogens with zero attached hydrogens (tertiary/aromatic N) is 2. The van der Waals surface area contributed by atoms with Gasteiger partial charge in [0.15, 0.2) is 11.6 Å². The quantitative estimate of drug-likeness (QED) is 0.512. The number of piperidine rings is 1. The second-order valence-electron chi connectivity index (χ2n) is 7.01. The Morgan fingerprint density at radius 3 is 2.93 bits per heavy atom. The van der Waals surface area contributed by atoms with Crippen molar-refractivity contribution < 1.29 is 14.6 Å². The molecule has 0 saturated carbocycles. The van der Waals surface area contributed by atoms with E-state index < -0.39 is 4.92 Å². The van der Waals surface area contributed by atoms with Gasteiger partial charge in [-0.3, -0.25) is 14.9 Å². The predicted octanol–water partition coefficient (Wildman–Crippen LogP) is 2.95. The highest BCUT2D eigenvalue weighted by Crippen LogP contribution is 2.28. The van der Waals surface area contributed by atoms with Crippen LogP contribution in [0.4, 0.5) is 11.4 Å². The second-order valence-corrected chi connectivity index (χ2v) is 8.07. The number of non-ortho nitro benzene ring substituents is 1. The monoisotopic (exact) mass is 397 g/mol. The smallest absolute Gasteiger partial charge is 0.279 e. The zero-order chi connectivity index (χ0) is 19.5. The zero-order valence-corrected chi connectivity index (χ0v) is 16.1. The largest absolute Gasteiger partial charge is 0.321 e. The lowest BCUT2D eigenvalue weighted by Gasteiger charge is -2.30. The first kappa shape index (κ1) is 18.5. The SMILES string of the molecule is O=C(C[NH+]1CCCC[C@H]1c1nc2ccccc2s1)Nc1cccc([N+](=O)[O-])c1. The maximum atomic E-state index is 12.6. The van der Waals surface area contributed by atoms with Gasteiger partial charge in [-0.25, -0.2) is 4.98 Å². The number of amides is 1. The highest BCUT2D eigenvalue weighted by molar-refractivity contribution is 7.18. The average Bonchev–Trinajstić information content (AvgIpc) is 3.12. The van der Waals surface area contributed by atoms with Gasteiger partial charge < -0.3 is 10.2 Å². The molecule has 1 aliphatic heterocycles. The van der Waals surface area contributed by atoms with Gasteiger partial charge in [0.2, 0.25) is 0 Å². The number of benzene rings is 2. The second kappa shape index (κ2) is 8.04. The molecular weight excluding hydrogens is 376 g/mol. The van der Waals surface area contributed by atoms with Crippen molar-refractivity contribution in [1.29, 1.82) is 0 Å². The van der Waals surface area contributed by atoms with E-state index in [0.717, 1.165) is 36.3 Å². The molecule has 1 fully saturated rings. The number of carbonyl (C=O) groups excluding carboxylic acids is 1. The Morgan fingerprint density at radius 2 is 2.11 bits per heavy atom. The van der Waals surface area contributed by atoms with Gasteiger partial charge in [-0.2, -0.15) is 0 Å². The van der Waals surface area contributed by atoms with Crippen LogP contribution in [0.5, 0.6) is 0 Å². The lowest BCUT2D eigenvalue weighted by Crippen LogP contribution is -3.14. The normalized spacial score (nSPS) is 19.4. The fraction of sp³-hybridized carbons (Fsp3) is 0.300. The molecule has 2 heterocycles. The number of thiazole rings is 1. The molecule has 7 nitrogen and oxygen atoms in total. The molecule has 144 valence electrons. The van der Waals surface area contributed by atoms with Crippen LogP contribution in [0.2, 0.25) is 0 Å². The summed E-state index contributed by atoms with van der Waals surface area (Å²) in [6, 6.07) is 14.4. The van der Waals surface area contributed by atoms with Gasteiger partial charge in [0, 0.05) is 24.2 Å². The average molecular weight is 397 g/mol. The predicted molar refractivity (Wildman–Crippen MR) is 109 cm³/mol. The van der Waals surface area contributed by atoms with Gasteiger partial charge in [-0.1, -0.05) is 18.2 Å². The molecular formula is C20H21N4O3S+. The molecule has 1 saturated heterocycles. The topological polar surface area (TPSA) is 89.6 Å². The van der Waals surface area contributed by atoms with Gasteiger partial charge in [-0.15, -0.1) is 11.3 Å². The number of para-hydroxylation sites is 1. The Morgan fingerprint density at radius 1 is 1.25 bits per heavy atom. The molecule has 4 rings (SSSR count). The molecule has 1 unspecified atom stereocenters. The van der Waals surface area contributed by atoms with E-state index in [1.165, 1.54) is 21.7 Å². The molecule has 1 aliphatic rings. The third-order valence-electron chi connectivity index (χ3n) is 5.07. The van der Waals surface area contributed by atoms with E-state index in [2.05, 4.69) is 11.4 Å². The first-order valence-corrected chi connectivity index (χ1v) is 10.2. The van der Waals surface area contributed by atoms with Crippen molar-refractivity contribution in [3.8, 4) is 0 Å². The Bertz CT molecular complexity index is 986. The molecule has 0 aliphatic carbocycles. The number of nitrogens with one attached hydrogen (secondary N) is 2. The first-order chi connectivity index (χ1) is 13.6. The Hall–Kier alpha value is -2.84. The highest BCUT2D eigenvalue weighted by Gasteiger charge is 2.32. The lowest BCUT2D eigenvalue weighted by molar-refractivity contribution is -0.929. The van der Waals surface area contributed by atoms with Crippen LogP contribution in [0.1, 0.15) is 30.3 Å². The molecule has 0 radical (unpaired) electrons. The summed E-state index contributed by atoms with van der Waals surface area (Å²) < 4.78 is 1.17. The van der Waals surface area contributed by atoms with Gasteiger partial charge in [-0.05, 0) is 31.0 Å². The maximum Gasteiger partial charge on any atom is 0.279 e. The molecule has 28 heavy (non-hydrogen) atoms. The number of aromatic nitrogens is 1. The highest BCUT2D eigenvalue weighted by atomic mass is 32.1. The molecule has 3 aromatic rings. The Balaban J connectivity index is 1.48. The van der Waals surface area contributed by atoms with Crippen molar-refractivity contribution in [3.05, 3.63) is 63.7 Å². The number of rotatable bonds is 5. The first-order valence-electron chi connectivity index (χ1n) is 9.34. The summed E-state index contributed by atoms with van der Waals surface area (Å²) in [6.07, 6.45) is 3.23. The Kier molecular flexibility index (Phi) is 5.31. The molecule has 2 N–H and O–H groups in total. The van der Waals surface area contributed by atoms with Crippen molar-refractivity contribution in [2.45, 2.75) is 25.3 Å². The maximum absolute atomic E-state index is 12.6. The van der Waals surface area contributed by atoms with Crippen LogP contribution >= 0.6 is 11.3 Å². The number of nitro benzene ring substituents is 1. The minimum Gasteiger partial charge on any atom is -0.321 e. The van der Waals surface area contributed by atoms with Crippen LogP contribution in [-0.4, -0.2) is 28.9 Å². The third kappa shape index (κ3) is 4.02. The van der Waals surface area contributed by atoms with E-state index in [0.29, 0.717) is 12.2 Å². The minimum absolute atomic E-state index is 0.0320. The number of anilines is 1. The van der Waals surface area contributed by atoms with E-state index in [9.17, 15) is 14.9 Å². The van der Waals surface area contributed by atoms with Gasteiger partial charge in [0.05, 0.1) is 21.7 Å². The lowest BCUT2D eigenvalue weighted by atomic mass is 10.0. The molecule has 1 amide bonds. The summed E-state index contributed by atoms with van der Waals surface area (Å²) in [4.78, 5) is 29.0. The number of nitro groups is 1. The molecule has 2 aromatic carbocycles. The van der Waals surface area contributed by atoms with Crippen molar-refractivity contribution in [3.63, 3.8) is 0 Å². The van der Waals surface area contributed by atoms with E-state index in [1.54, 1.807) is 23.5 Å². The number of quaternary nitrogens is 1. The standard InChI is InChI=1S/C20H20N4O3S/c25-19(21-14-6-5-7-15(12-14)24(26)27)13-23-11-4-3-9-17(23)20-22-16-8-1-2-10-18(16)28-20/h1-2,5-8,10,12,17H,3-4,9,11,13H2,(H,21,25)/p+1/t17-/m0/s1. The van der Waals surface area contributed by atoms with E-state index >= 15 is 0 Å². The summed E-state index contributed by atoms with van der Waals surface area (Å²) in [7, 11) is 0. The summed E-state index contributed by atoms with van der Waals surface area (Å²) in [5.74, 6) is -0.136. The van der Waals surface area contributed by atoms with E-state index in [1.807, 2.05) is 18.2 Å². The van der Waals surface area contributed by atoms with Crippen molar-refractivity contribution in [1.82, 2.24) is 4.98 Å². The van der Waals surface area contributed by atoms with Crippen LogP contribution in [0.25, 0.3) is 10.2 Å². The third-order valence-corrected chi connectivity index (χ3v) is 6.22. The zero-order valence-electron chi connectivity index (χ0n) is 15.3. The Labute approximate surface area is 166 Å². The van der Waals surface area contributed by atoms with Crippen molar-refractivity contribution >= 4 is 38.8 Å². The molecule has 0 spiro atoms. The molecule has 8 heteroatoms. The summed E-state index contributed by atoms with van der Waals surface area (Å²) in [5.41, 5.74) is 1.43. The summed E-state index contributed by atoms with van der Waals surface area (Å²) in [5, 5.41) is 14.8. The van der Waals surface area contributed by atoms with Crippen LogP contribution in [0, 0.1) is 10.1 Å². The van der Waals surface area contributed by atoms with E-state index in [-0.39, 0.29) is 17.6 Å². The number of fused-ring (bicyclic) bond motifs is 1. The molecule has 1 aromatic heterocycles. The number of carbonyl (C=O) groups is 1. The summed E-state index contributed by atoms with van der Waals surface area (Å²) >= 11 is 1.71. The fourth-order valence-corrected chi connectivity index (χ4v) is 4.90. The van der Waals surface area contributed by atoms with Crippen LogP contribution in [0.3, 0.4) is 0 Å². The van der Waals surface area contributed by atoms with Crippen molar-refractivity contribution in [2.75, 3.05) is 18.4 Å². The van der Waals surface area contributed by atoms with Crippen LogP contribution in [0.15, 0.2) is 48.5 Å². The summed E-state index contributed by atoms with van der Waals surface area (Å²) in [6.45, 7) is 1.24. The minimum atomic E-state index is -0.464. The van der Waals surface area contributed by atoms with Crippen LogP contribution < -0.4 is 10.2 Å². The van der Waals surface area contributed by atoms with Gasteiger partial charge in [0.25, 0.3) is 11.6 Å². The van der Waals surface area contributed by atoms with E-state index in [4.69, 9.17) is 4.98 Å². The van der Waals surface area contributed by atoms with Crippen molar-refractivity contribution in [2.24, 2.45) is 0 Å². The molecule has 2 atom stereocenters. The molecule has 0 bridgehead atoms. The number of hydrogen-bond acceptors (Lipinski definition) is 5. The van der Waals surface area contributed by atoms with Gasteiger partial charge in [0.1, 0.15) is 6.04 Å². The number of likely N-dealkylation sites (tertiary alicyclic amines) is 1. The van der Waals surface area contributed by atoms with Crippen LogP contribution in [-0.2, 0) is 4.79 Å². The number of hydrogen-bond donors (Lipinski definition) is 2.